The third-order valence-electron chi connectivity index (χ3n) is 16.1. The Morgan fingerprint density at radius 3 is 2.19 bits per heavy atom. The van der Waals surface area contributed by atoms with Gasteiger partial charge in [0.2, 0.25) is 5.91 Å². The number of aliphatic hydroxyl groups is 2. The molecule has 12 nitrogen and oxygen atoms in total. The van der Waals surface area contributed by atoms with Gasteiger partial charge in [0.1, 0.15) is 17.6 Å². The summed E-state index contributed by atoms with van der Waals surface area (Å²) in [6.45, 7) is 19.4. The predicted molar refractivity (Wildman–Crippen MR) is 232 cm³/mol. The number of nitrogens with one attached hydrogen (secondary N) is 1. The van der Waals surface area contributed by atoms with Crippen LogP contribution in [0.1, 0.15) is 139 Å². The average molecular weight is 908 g/mol. The molecule has 14 heteroatoms. The van der Waals surface area contributed by atoms with Crippen LogP contribution in [0.15, 0.2) is 36.4 Å². The molecule has 6 rings (SSSR count). The number of halogens is 1. The van der Waals surface area contributed by atoms with E-state index in [9.17, 15) is 34.1 Å². The fourth-order valence-corrected chi connectivity index (χ4v) is 11.7. The number of Topliss-reactive ketones (excluding diaryl/α,β-unsaturated/α-hetero) is 1. The maximum absolute atomic E-state index is 14.7. The minimum absolute atomic E-state index is 0. The van der Waals surface area contributed by atoms with Crippen LogP contribution in [0, 0.1) is 47.2 Å². The Labute approximate surface area is 402 Å². The first kappa shape index (κ1) is 53.2. The Morgan fingerprint density at radius 2 is 1.58 bits per heavy atom. The number of aliphatic carboxylic acids is 1. The van der Waals surface area contributed by atoms with Crippen LogP contribution in [-0.4, -0.2) is 93.3 Å². The number of carbonyl (C=O) groups excluding carboxylic acids is 3. The van der Waals surface area contributed by atoms with Crippen LogP contribution < -0.4 is 40.0 Å². The van der Waals surface area contributed by atoms with Gasteiger partial charge in [0.15, 0.2) is 11.6 Å². The number of amides is 1. The number of ketones is 1. The van der Waals surface area contributed by atoms with Gasteiger partial charge >= 0.3 is 29.6 Å². The monoisotopic (exact) mass is 908 g/mol. The molecule has 3 N–H and O–H groups in total. The maximum Gasteiger partial charge on any atom is 1.00 e. The van der Waals surface area contributed by atoms with Gasteiger partial charge in [0, 0.05) is 42.0 Å². The average Bonchev–Trinajstić information content (AvgIpc) is 3.59. The van der Waals surface area contributed by atoms with Crippen molar-refractivity contribution in [3.05, 3.63) is 47.8 Å². The third kappa shape index (κ3) is 10.7. The zero-order chi connectivity index (χ0) is 46.2. The first-order valence-corrected chi connectivity index (χ1v) is 23.9. The Morgan fingerprint density at radius 1 is 0.906 bits per heavy atom. The smallest absolute Gasteiger partial charge is 0.550 e. The van der Waals surface area contributed by atoms with Crippen LogP contribution in [0.5, 0.6) is 0 Å². The molecule has 4 saturated heterocycles. The van der Waals surface area contributed by atoms with Gasteiger partial charge in [-0.2, -0.15) is 0 Å². The van der Waals surface area contributed by atoms with Crippen molar-refractivity contribution < 1.29 is 87.3 Å². The zero-order valence-electron chi connectivity index (χ0n) is 40.3. The normalized spacial score (nSPS) is 39.9. The molecule has 5 aliphatic rings. The van der Waals surface area contributed by atoms with Crippen LogP contribution in [0.4, 0.5) is 4.39 Å². The van der Waals surface area contributed by atoms with E-state index in [0.717, 1.165) is 6.42 Å². The summed E-state index contributed by atoms with van der Waals surface area (Å²) in [6, 6.07) is 5.09. The second kappa shape index (κ2) is 21.2. The number of hydrogen-bond acceptors (Lipinski definition) is 11. The van der Waals surface area contributed by atoms with Gasteiger partial charge in [-0.3, -0.25) is 9.59 Å². The molecule has 1 aromatic carbocycles. The van der Waals surface area contributed by atoms with Crippen molar-refractivity contribution in [1.29, 1.82) is 0 Å². The van der Waals surface area contributed by atoms with Crippen LogP contribution >= 0.6 is 0 Å². The number of carboxylic acid groups (broad SMARTS) is 1. The molecule has 5 aliphatic heterocycles. The molecule has 1 amide bonds. The van der Waals surface area contributed by atoms with E-state index in [1.807, 2.05) is 53.7 Å². The minimum atomic E-state index is -1.39. The molecule has 18 atom stereocenters. The van der Waals surface area contributed by atoms with Crippen molar-refractivity contribution >= 4 is 17.7 Å². The summed E-state index contributed by atoms with van der Waals surface area (Å²) < 4.78 is 48.2. The number of rotatable bonds is 15. The molecule has 5 heterocycles. The minimum Gasteiger partial charge on any atom is -0.550 e. The SMILES string of the molecule is CC[C@@H](C(=O)[C@@H](C)[C@@H](O)[C@H](C)[C@@H]1O[C@@H]([C@@H](CC)C(=O)[O-])CC[C@@H]1C)[C@H]1O[C@]2(C=C[C@H](NC(=O)Cc3ccc(F)cc3)[C@]3(CC[C@@](C)([C@H]4CC[C@](O)(CC)[C@H](C)O4)O3)O2)[C@H](C)C[C@@H]1C.[Na+]. The van der Waals surface area contributed by atoms with Gasteiger partial charge in [-0.05, 0) is 107 Å². The van der Waals surface area contributed by atoms with Crippen molar-refractivity contribution in [2.24, 2.45) is 41.4 Å². The molecule has 1 aromatic rings. The van der Waals surface area contributed by atoms with Gasteiger partial charge in [-0.25, -0.2) is 4.39 Å². The summed E-state index contributed by atoms with van der Waals surface area (Å²) in [7, 11) is 0. The molecular formula is C50H75FNNaO11. The van der Waals surface area contributed by atoms with Gasteiger partial charge < -0.3 is 49.1 Å². The first-order chi connectivity index (χ1) is 29.6. The second-order valence-electron chi connectivity index (χ2n) is 20.3. The van der Waals surface area contributed by atoms with Crippen LogP contribution in [0.3, 0.4) is 0 Å². The Balaban J connectivity index is 0.00000771. The Bertz CT molecular complexity index is 1800. The molecule has 0 saturated carbocycles. The fraction of sp³-hybridized carbons (Fsp3) is 0.780. The van der Waals surface area contributed by atoms with Crippen molar-refractivity contribution in [3.63, 3.8) is 0 Å². The predicted octanol–water partition coefficient (Wildman–Crippen LogP) is 3.36. The molecule has 0 unspecified atom stereocenters. The summed E-state index contributed by atoms with van der Waals surface area (Å²) in [4.78, 5) is 40.3. The number of ether oxygens (including phenoxy) is 5. The van der Waals surface area contributed by atoms with Gasteiger partial charge in [-0.15, -0.1) is 0 Å². The summed E-state index contributed by atoms with van der Waals surface area (Å²) in [5, 5.41) is 38.2. The molecule has 0 aliphatic carbocycles. The van der Waals surface area contributed by atoms with Crippen molar-refractivity contribution in [2.75, 3.05) is 0 Å². The standard InChI is InChI=1S/C50H76FNO11.Na/c1-11-36(46(56)57)38-19-14-28(4)44(60-38)32(8)42(54)31(7)43(55)37(12-2)45-29(5)26-30(6)49(61-45)23-20-39(52-41(53)27-34-15-17-35(51)18-16-34)50(63-49)25-24-47(10,62-50)40-21-22-48(58,13-3)33(9)59-40;/h15-18,20,23,28-33,36-40,42,44-45,54,58H,11-14,19,21-22,24-27H2,1-10H3,(H,52,53)(H,56,57);/q;+1/p-1/t28-,29-,30+,31-,32-,33-,36+,37-,38+,39-,40+,42+,44+,45-,47-,48+,49-,50-;/m0./s1. The van der Waals surface area contributed by atoms with Crippen LogP contribution in [-0.2, 0) is 44.5 Å². The molecule has 0 bridgehead atoms. The van der Waals surface area contributed by atoms with E-state index in [2.05, 4.69) is 19.2 Å². The molecular weight excluding hydrogens is 833 g/mol. The second-order valence-corrected chi connectivity index (χ2v) is 20.3. The summed E-state index contributed by atoms with van der Waals surface area (Å²) in [5.74, 6) is -7.39. The largest absolute Gasteiger partial charge is 1.00 e. The topological polar surface area (TPSA) is 173 Å². The van der Waals surface area contributed by atoms with Crippen molar-refractivity contribution in [2.45, 2.75) is 205 Å². The number of hydrogen-bond donors (Lipinski definition) is 3. The summed E-state index contributed by atoms with van der Waals surface area (Å²) >= 11 is 0. The van der Waals surface area contributed by atoms with Crippen LogP contribution in [0.2, 0.25) is 0 Å². The molecule has 354 valence electrons. The zero-order valence-corrected chi connectivity index (χ0v) is 42.3. The van der Waals surface area contributed by atoms with E-state index in [4.69, 9.17) is 23.7 Å². The van der Waals surface area contributed by atoms with Gasteiger partial charge in [0.05, 0.1) is 54.2 Å². The van der Waals surface area contributed by atoms with Gasteiger partial charge in [-0.1, -0.05) is 73.6 Å². The first-order valence-electron chi connectivity index (χ1n) is 23.9. The van der Waals surface area contributed by atoms with Crippen LogP contribution in [0.25, 0.3) is 0 Å². The Kier molecular flexibility index (Phi) is 17.7. The Hall–Kier alpha value is -1.78. The molecule has 0 radical (unpaired) electrons. The van der Waals surface area contributed by atoms with E-state index >= 15 is 0 Å². The van der Waals surface area contributed by atoms with E-state index in [0.29, 0.717) is 63.4 Å². The molecule has 4 fully saturated rings. The van der Waals surface area contributed by atoms with E-state index < -0.39 is 89.0 Å². The molecule has 2 spiro atoms. The number of aliphatic hydroxyl groups excluding tert-OH is 1. The molecule has 0 aromatic heterocycles. The fourth-order valence-electron chi connectivity index (χ4n) is 11.7. The quantitative estimate of drug-likeness (QED) is 0.174. The number of benzene rings is 1. The van der Waals surface area contributed by atoms with Gasteiger partial charge in [0.25, 0.3) is 0 Å². The maximum atomic E-state index is 14.7. The van der Waals surface area contributed by atoms with E-state index in [1.165, 1.54) is 12.1 Å². The number of carboxylic acids is 1. The van der Waals surface area contributed by atoms with Crippen molar-refractivity contribution in [3.8, 4) is 0 Å². The van der Waals surface area contributed by atoms with E-state index in [-0.39, 0.29) is 77.3 Å². The molecule has 64 heavy (non-hydrogen) atoms. The summed E-state index contributed by atoms with van der Waals surface area (Å²) in [6.07, 6.45) is 5.86. The summed E-state index contributed by atoms with van der Waals surface area (Å²) in [5.41, 5.74) is -1.12. The third-order valence-corrected chi connectivity index (χ3v) is 16.1. The van der Waals surface area contributed by atoms with E-state index in [1.54, 1.807) is 26.0 Å². The number of carbonyl (C=O) groups is 3. The van der Waals surface area contributed by atoms with Crippen molar-refractivity contribution in [1.82, 2.24) is 5.32 Å².